The van der Waals surface area contributed by atoms with Gasteiger partial charge in [0.15, 0.2) is 0 Å². The van der Waals surface area contributed by atoms with Gasteiger partial charge >= 0.3 is 6.03 Å². The number of carbonyl (C=O) groups excluding carboxylic acids is 2. The third-order valence-electron chi connectivity index (χ3n) is 4.90. The fourth-order valence-corrected chi connectivity index (χ4v) is 3.36. The minimum Gasteiger partial charge on any atom is -0.379 e. The number of hydrogen-bond donors (Lipinski definition) is 3. The topological polar surface area (TPSA) is 82.7 Å². The van der Waals surface area contributed by atoms with E-state index in [0.717, 1.165) is 35.5 Å². The number of carbonyl (C=O) groups is 2. The molecule has 0 aromatic heterocycles. The summed E-state index contributed by atoms with van der Waals surface area (Å²) in [4.78, 5) is 26.5. The van der Waals surface area contributed by atoms with E-state index in [-0.39, 0.29) is 24.0 Å². The lowest BCUT2D eigenvalue weighted by molar-refractivity contribution is -0.115. The molecule has 0 saturated carbocycles. The summed E-state index contributed by atoms with van der Waals surface area (Å²) < 4.78 is 5.37. The van der Waals surface area contributed by atoms with Crippen molar-refractivity contribution in [3.63, 3.8) is 0 Å². The minimum atomic E-state index is -0.344. The van der Waals surface area contributed by atoms with E-state index in [9.17, 15) is 9.59 Å². The molecule has 1 heterocycles. The lowest BCUT2D eigenvalue weighted by Gasteiger charge is -2.40. The molecule has 3 N–H and O–H groups in total. The van der Waals surface area contributed by atoms with Crippen LogP contribution in [0, 0.1) is 20.8 Å². The molecule has 0 radical (unpaired) electrons. The van der Waals surface area contributed by atoms with E-state index in [1.807, 2.05) is 32.9 Å². The highest BCUT2D eigenvalue weighted by Gasteiger charge is 2.28. The van der Waals surface area contributed by atoms with Crippen molar-refractivity contribution in [2.45, 2.75) is 40.2 Å². The van der Waals surface area contributed by atoms with E-state index >= 15 is 0 Å². The summed E-state index contributed by atoms with van der Waals surface area (Å²) in [5, 5.41) is 8.36. The van der Waals surface area contributed by atoms with Crippen LogP contribution in [-0.2, 0) is 9.53 Å². The Morgan fingerprint density at radius 3 is 2.26 bits per heavy atom. The van der Waals surface area contributed by atoms with E-state index in [1.165, 1.54) is 0 Å². The summed E-state index contributed by atoms with van der Waals surface area (Å²) in [7, 11) is 0. The molecule has 7 nitrogen and oxygen atoms in total. The zero-order chi connectivity index (χ0) is 20.0. The molecular formula is C20H32N4O3. The van der Waals surface area contributed by atoms with Crippen molar-refractivity contribution in [1.82, 2.24) is 15.5 Å². The first kappa shape index (κ1) is 21.2. The van der Waals surface area contributed by atoms with Crippen LogP contribution in [0.25, 0.3) is 0 Å². The predicted octanol–water partition coefficient (Wildman–Crippen LogP) is 1.96. The number of benzene rings is 1. The maximum atomic E-state index is 12.2. The molecule has 150 valence electrons. The number of rotatable bonds is 6. The Labute approximate surface area is 161 Å². The van der Waals surface area contributed by atoms with Crippen molar-refractivity contribution in [3.8, 4) is 0 Å². The molecule has 1 aliphatic rings. The maximum absolute atomic E-state index is 12.2. The number of urea groups is 1. The number of ether oxygens (including phenoxy) is 1. The smallest absolute Gasteiger partial charge is 0.315 e. The van der Waals surface area contributed by atoms with Crippen molar-refractivity contribution in [3.05, 3.63) is 28.8 Å². The molecule has 3 amide bonds. The summed E-state index contributed by atoms with van der Waals surface area (Å²) in [5.74, 6) is -0.243. The van der Waals surface area contributed by atoms with Crippen LogP contribution in [0.4, 0.5) is 10.5 Å². The van der Waals surface area contributed by atoms with Gasteiger partial charge in [0, 0.05) is 30.9 Å². The molecule has 0 aliphatic carbocycles. The summed E-state index contributed by atoms with van der Waals surface area (Å²) in [6.07, 6.45) is 0. The molecule has 27 heavy (non-hydrogen) atoms. The second kappa shape index (κ2) is 9.19. The predicted molar refractivity (Wildman–Crippen MR) is 107 cm³/mol. The highest BCUT2D eigenvalue weighted by atomic mass is 16.5. The van der Waals surface area contributed by atoms with Gasteiger partial charge in [0.2, 0.25) is 5.91 Å². The first-order chi connectivity index (χ1) is 12.7. The number of nitrogens with zero attached hydrogens (tertiary/aromatic N) is 1. The quantitative estimate of drug-likeness (QED) is 0.709. The number of hydrogen-bond acceptors (Lipinski definition) is 4. The summed E-state index contributed by atoms with van der Waals surface area (Å²) in [6.45, 7) is 13.7. The van der Waals surface area contributed by atoms with Crippen LogP contribution in [0.5, 0.6) is 0 Å². The molecule has 1 fully saturated rings. The van der Waals surface area contributed by atoms with Crippen LogP contribution in [0.1, 0.15) is 30.5 Å². The van der Waals surface area contributed by atoms with Gasteiger partial charge < -0.3 is 20.7 Å². The van der Waals surface area contributed by atoms with Gasteiger partial charge in [-0.25, -0.2) is 4.79 Å². The number of amides is 3. The highest BCUT2D eigenvalue weighted by Crippen LogP contribution is 2.21. The van der Waals surface area contributed by atoms with Crippen molar-refractivity contribution in [1.29, 1.82) is 0 Å². The van der Waals surface area contributed by atoms with Crippen LogP contribution in [-0.4, -0.2) is 61.8 Å². The summed E-state index contributed by atoms with van der Waals surface area (Å²) in [5.41, 5.74) is 3.82. The van der Waals surface area contributed by atoms with Crippen LogP contribution in [0.15, 0.2) is 12.1 Å². The SMILES string of the molecule is Cc1cc(C)c(NC(=O)CNC(=O)NCC(C)(C)N2CCOCC2)c(C)c1. The molecule has 7 heteroatoms. The first-order valence-corrected chi connectivity index (χ1v) is 9.41. The molecule has 0 spiro atoms. The highest BCUT2D eigenvalue weighted by molar-refractivity contribution is 5.95. The van der Waals surface area contributed by atoms with Crippen LogP contribution in [0.3, 0.4) is 0 Å². The van der Waals surface area contributed by atoms with E-state index in [4.69, 9.17) is 4.74 Å². The van der Waals surface area contributed by atoms with Crippen molar-refractivity contribution >= 4 is 17.6 Å². The normalized spacial score (nSPS) is 15.3. The molecule has 1 saturated heterocycles. The number of aryl methyl sites for hydroxylation is 3. The van der Waals surface area contributed by atoms with Crippen LogP contribution in [0.2, 0.25) is 0 Å². The zero-order valence-corrected chi connectivity index (χ0v) is 17.1. The van der Waals surface area contributed by atoms with Gasteiger partial charge in [-0.15, -0.1) is 0 Å². The van der Waals surface area contributed by atoms with Gasteiger partial charge in [-0.05, 0) is 45.7 Å². The van der Waals surface area contributed by atoms with Crippen LogP contribution >= 0.6 is 0 Å². The molecule has 0 atom stereocenters. The van der Waals surface area contributed by atoms with Crippen molar-refractivity contribution < 1.29 is 14.3 Å². The van der Waals surface area contributed by atoms with Gasteiger partial charge in [-0.3, -0.25) is 9.69 Å². The Hall–Kier alpha value is -2.12. The number of anilines is 1. The Balaban J connectivity index is 1.77. The summed E-state index contributed by atoms with van der Waals surface area (Å²) >= 11 is 0. The maximum Gasteiger partial charge on any atom is 0.315 e. The first-order valence-electron chi connectivity index (χ1n) is 9.41. The largest absolute Gasteiger partial charge is 0.379 e. The standard InChI is InChI=1S/C20H32N4O3/c1-14-10-15(2)18(16(3)11-14)23-17(25)12-21-19(26)22-13-20(4,5)24-6-8-27-9-7-24/h10-11H,6-9,12-13H2,1-5H3,(H,23,25)(H2,21,22,26). The molecule has 1 aromatic rings. The van der Waals surface area contributed by atoms with E-state index < -0.39 is 0 Å². The van der Waals surface area contributed by atoms with E-state index in [2.05, 4.69) is 34.7 Å². The van der Waals surface area contributed by atoms with Gasteiger partial charge in [0.05, 0.1) is 19.8 Å². The van der Waals surface area contributed by atoms with E-state index in [0.29, 0.717) is 19.8 Å². The number of morpholine rings is 1. The lowest BCUT2D eigenvalue weighted by Crippen LogP contribution is -2.56. The fourth-order valence-electron chi connectivity index (χ4n) is 3.36. The molecular weight excluding hydrogens is 344 g/mol. The number of nitrogens with one attached hydrogen (secondary N) is 3. The monoisotopic (exact) mass is 376 g/mol. The average molecular weight is 377 g/mol. The third-order valence-corrected chi connectivity index (χ3v) is 4.90. The van der Waals surface area contributed by atoms with Gasteiger partial charge in [-0.1, -0.05) is 17.7 Å². The minimum absolute atomic E-state index is 0.0728. The molecule has 1 aliphatic heterocycles. The second-order valence-electron chi connectivity index (χ2n) is 7.77. The van der Waals surface area contributed by atoms with Crippen molar-refractivity contribution in [2.75, 3.05) is 44.7 Å². The average Bonchev–Trinajstić information content (AvgIpc) is 2.62. The Bertz CT molecular complexity index is 659. The fraction of sp³-hybridized carbons (Fsp3) is 0.600. The Kier molecular flexibility index (Phi) is 7.21. The molecule has 1 aromatic carbocycles. The van der Waals surface area contributed by atoms with Crippen molar-refractivity contribution in [2.24, 2.45) is 0 Å². The molecule has 0 unspecified atom stereocenters. The van der Waals surface area contributed by atoms with Gasteiger partial charge in [0.25, 0.3) is 0 Å². The van der Waals surface area contributed by atoms with Gasteiger partial charge in [0.1, 0.15) is 0 Å². The molecule has 0 bridgehead atoms. The third kappa shape index (κ3) is 6.22. The van der Waals surface area contributed by atoms with Crippen LogP contribution < -0.4 is 16.0 Å². The molecule has 2 rings (SSSR count). The second-order valence-corrected chi connectivity index (χ2v) is 7.77. The Morgan fingerprint density at radius 2 is 1.67 bits per heavy atom. The zero-order valence-electron chi connectivity index (χ0n) is 17.1. The van der Waals surface area contributed by atoms with E-state index in [1.54, 1.807) is 0 Å². The lowest BCUT2D eigenvalue weighted by atomic mass is 10.0. The summed E-state index contributed by atoms with van der Waals surface area (Å²) in [6, 6.07) is 3.70. The Morgan fingerprint density at radius 1 is 1.07 bits per heavy atom. The van der Waals surface area contributed by atoms with Gasteiger partial charge in [-0.2, -0.15) is 0 Å².